The summed E-state index contributed by atoms with van der Waals surface area (Å²) in [5.74, 6) is -1.65. The fourth-order valence-corrected chi connectivity index (χ4v) is 9.19. The van der Waals surface area contributed by atoms with Crippen LogP contribution in [0.1, 0.15) is 79.8 Å². The molecule has 2 atom stereocenters. The van der Waals surface area contributed by atoms with Gasteiger partial charge in [-0.25, -0.2) is 17.2 Å². The first-order chi connectivity index (χ1) is 21.0. The van der Waals surface area contributed by atoms with E-state index in [1.54, 1.807) is 11.8 Å². The molecule has 1 unspecified atom stereocenters. The zero-order valence-electron chi connectivity index (χ0n) is 25.3. The number of pyridine rings is 1. The molecular formula is C32H38F2N4O5S. The van der Waals surface area contributed by atoms with E-state index in [0.29, 0.717) is 53.6 Å². The van der Waals surface area contributed by atoms with Crippen LogP contribution in [0.4, 0.5) is 8.78 Å². The van der Waals surface area contributed by atoms with Crippen LogP contribution in [0.5, 0.6) is 0 Å². The number of hydrogen-bond acceptors (Lipinski definition) is 8. The molecular weight excluding hydrogens is 590 g/mol. The van der Waals surface area contributed by atoms with Crippen LogP contribution in [0, 0.1) is 30.4 Å². The molecule has 0 aliphatic carbocycles. The highest BCUT2D eigenvalue weighted by Gasteiger charge is 2.45. The van der Waals surface area contributed by atoms with Gasteiger partial charge >= 0.3 is 0 Å². The van der Waals surface area contributed by atoms with Gasteiger partial charge < -0.3 is 14.1 Å². The van der Waals surface area contributed by atoms with Crippen molar-refractivity contribution in [2.24, 2.45) is 11.8 Å². The van der Waals surface area contributed by atoms with Gasteiger partial charge in [0.25, 0.3) is 0 Å². The molecule has 0 bridgehead atoms. The highest BCUT2D eigenvalue weighted by atomic mass is 32.2. The molecule has 0 radical (unpaired) electrons. The first kappa shape index (κ1) is 30.8. The zero-order chi connectivity index (χ0) is 31.2. The van der Waals surface area contributed by atoms with Crippen LogP contribution in [-0.2, 0) is 32.2 Å². The van der Waals surface area contributed by atoms with Gasteiger partial charge in [-0.15, -0.1) is 10.2 Å². The van der Waals surface area contributed by atoms with E-state index >= 15 is 0 Å². The van der Waals surface area contributed by atoms with Gasteiger partial charge in [0.15, 0.2) is 21.5 Å². The Bertz CT molecular complexity index is 1670. The highest BCUT2D eigenvalue weighted by molar-refractivity contribution is 7.91. The molecule has 2 fully saturated rings. The van der Waals surface area contributed by atoms with E-state index < -0.39 is 21.5 Å². The van der Waals surface area contributed by atoms with E-state index in [0.717, 1.165) is 50.3 Å². The number of aryl methyl sites for hydroxylation is 2. The van der Waals surface area contributed by atoms with Crippen LogP contribution in [0.15, 0.2) is 27.5 Å². The Morgan fingerprint density at radius 1 is 1.11 bits per heavy atom. The summed E-state index contributed by atoms with van der Waals surface area (Å²) in [6, 6.07) is 3.45. The lowest BCUT2D eigenvalue weighted by Gasteiger charge is -2.25. The van der Waals surface area contributed by atoms with E-state index in [4.69, 9.17) is 14.1 Å². The van der Waals surface area contributed by atoms with Gasteiger partial charge in [0, 0.05) is 45.1 Å². The summed E-state index contributed by atoms with van der Waals surface area (Å²) in [6.45, 7) is 7.86. The van der Waals surface area contributed by atoms with Crippen molar-refractivity contribution >= 4 is 15.7 Å². The van der Waals surface area contributed by atoms with Crippen molar-refractivity contribution in [2.45, 2.75) is 76.0 Å². The van der Waals surface area contributed by atoms with Crippen molar-refractivity contribution in [3.8, 4) is 11.5 Å². The maximum Gasteiger partial charge on any atom is 0.249 e. The second kappa shape index (κ2) is 12.3. The van der Waals surface area contributed by atoms with Crippen molar-refractivity contribution in [1.82, 2.24) is 20.1 Å². The fraction of sp³-hybridized carbons (Fsp3) is 0.562. The number of aromatic nitrogens is 3. The first-order valence-electron chi connectivity index (χ1n) is 15.4. The van der Waals surface area contributed by atoms with Gasteiger partial charge in [0.1, 0.15) is 0 Å². The van der Waals surface area contributed by atoms with Crippen molar-refractivity contribution in [2.75, 3.05) is 32.1 Å². The van der Waals surface area contributed by atoms with Crippen molar-refractivity contribution in [3.63, 3.8) is 0 Å². The maximum absolute atomic E-state index is 13.9. The SMILES string of the molecule is Cc1nnc(-c2c(CCC3CCOCC3)nc3c(c2[C@@H]2CCN(C(=O)Cc4ccc(F)c(F)c4)C2)S(=O)(=O)CC3C(C)C)o1. The van der Waals surface area contributed by atoms with Crippen LogP contribution in [0.2, 0.25) is 0 Å². The third-order valence-electron chi connectivity index (χ3n) is 9.32. The molecule has 44 heavy (non-hydrogen) atoms. The van der Waals surface area contributed by atoms with Crippen LogP contribution in [-0.4, -0.2) is 66.5 Å². The fourth-order valence-electron chi connectivity index (χ4n) is 6.89. The smallest absolute Gasteiger partial charge is 0.249 e. The number of amides is 1. The van der Waals surface area contributed by atoms with Gasteiger partial charge in [0.2, 0.25) is 17.7 Å². The highest BCUT2D eigenvalue weighted by Crippen LogP contribution is 2.48. The van der Waals surface area contributed by atoms with Crippen LogP contribution >= 0.6 is 0 Å². The number of rotatable bonds is 8. The molecule has 6 rings (SSSR count). The lowest BCUT2D eigenvalue weighted by atomic mass is 9.85. The molecule has 3 aliphatic heterocycles. The van der Waals surface area contributed by atoms with Crippen LogP contribution < -0.4 is 0 Å². The molecule has 0 N–H and O–H groups in total. The summed E-state index contributed by atoms with van der Waals surface area (Å²) in [6.07, 6.45) is 3.87. The van der Waals surface area contributed by atoms with E-state index in [-0.39, 0.29) is 53.2 Å². The Morgan fingerprint density at radius 2 is 1.89 bits per heavy atom. The molecule has 1 amide bonds. The normalized spacial score (nSPS) is 21.7. The Labute approximate surface area is 256 Å². The predicted octanol–water partition coefficient (Wildman–Crippen LogP) is 5.16. The topological polar surface area (TPSA) is 115 Å². The number of benzene rings is 1. The number of ether oxygens (including phenoxy) is 1. The molecule has 9 nitrogen and oxygen atoms in total. The van der Waals surface area contributed by atoms with E-state index in [2.05, 4.69) is 10.2 Å². The largest absolute Gasteiger partial charge is 0.421 e. The number of fused-ring (bicyclic) bond motifs is 1. The molecule has 3 aromatic rings. The Balaban J connectivity index is 1.42. The summed E-state index contributed by atoms with van der Waals surface area (Å²) in [5, 5.41) is 8.40. The Kier molecular flexibility index (Phi) is 8.58. The Morgan fingerprint density at radius 3 is 2.57 bits per heavy atom. The number of halogens is 2. The average Bonchev–Trinajstić information content (AvgIpc) is 3.71. The lowest BCUT2D eigenvalue weighted by Crippen LogP contribution is -2.30. The zero-order valence-corrected chi connectivity index (χ0v) is 26.1. The monoisotopic (exact) mass is 628 g/mol. The molecule has 2 saturated heterocycles. The van der Waals surface area contributed by atoms with E-state index in [9.17, 15) is 22.0 Å². The standard InChI is InChI=1S/C32H38F2N4O5S/c1-18(2)23-17-44(40,41)31-28(22-8-11-38(16-22)27(39)15-21-4-6-24(33)25(34)14-21)29(32-37-36-19(3)43-32)26(35-30(23)31)7-5-20-9-12-42-13-10-20/h4,6,14,18,20,22-23H,5,7-13,15-17H2,1-3H3/t22-,23?/m1/s1. The second-order valence-electron chi connectivity index (χ2n) is 12.7. The van der Waals surface area contributed by atoms with Gasteiger partial charge in [0.05, 0.1) is 34.0 Å². The quantitative estimate of drug-likeness (QED) is 0.336. The maximum atomic E-state index is 13.9. The first-order valence-corrected chi connectivity index (χ1v) is 17.1. The molecule has 0 saturated carbocycles. The summed E-state index contributed by atoms with van der Waals surface area (Å²) >= 11 is 0. The van der Waals surface area contributed by atoms with Gasteiger partial charge in [-0.05, 0) is 67.2 Å². The van der Waals surface area contributed by atoms with Crippen LogP contribution in [0.3, 0.4) is 0 Å². The summed E-state index contributed by atoms with van der Waals surface area (Å²) in [5.41, 5.74) is 2.92. The van der Waals surface area contributed by atoms with Crippen molar-refractivity contribution in [1.29, 1.82) is 0 Å². The summed E-state index contributed by atoms with van der Waals surface area (Å²) in [7, 11) is -3.69. The summed E-state index contributed by atoms with van der Waals surface area (Å²) < 4.78 is 66.6. The molecule has 236 valence electrons. The Hall–Kier alpha value is -3.25. The lowest BCUT2D eigenvalue weighted by molar-refractivity contribution is -0.129. The molecule has 2 aromatic heterocycles. The van der Waals surface area contributed by atoms with E-state index in [1.807, 2.05) is 13.8 Å². The van der Waals surface area contributed by atoms with Gasteiger partial charge in [-0.3, -0.25) is 9.78 Å². The summed E-state index contributed by atoms with van der Waals surface area (Å²) in [4.78, 5) is 20.3. The predicted molar refractivity (Wildman–Crippen MR) is 158 cm³/mol. The molecule has 3 aliphatic rings. The number of nitrogens with zero attached hydrogens (tertiary/aromatic N) is 4. The van der Waals surface area contributed by atoms with E-state index in [1.165, 1.54) is 6.07 Å². The minimum atomic E-state index is -3.69. The molecule has 5 heterocycles. The minimum Gasteiger partial charge on any atom is -0.421 e. The van der Waals surface area contributed by atoms with Crippen molar-refractivity contribution < 1.29 is 31.1 Å². The number of carbonyl (C=O) groups excluding carboxylic acids is 1. The van der Waals surface area contributed by atoms with Gasteiger partial charge in [-0.2, -0.15) is 0 Å². The number of carbonyl (C=O) groups is 1. The molecule has 1 aromatic carbocycles. The second-order valence-corrected chi connectivity index (χ2v) is 14.6. The third kappa shape index (κ3) is 6.02. The van der Waals surface area contributed by atoms with Crippen LogP contribution in [0.25, 0.3) is 11.5 Å². The average molecular weight is 629 g/mol. The number of likely N-dealkylation sites (tertiary alicyclic amines) is 1. The van der Waals surface area contributed by atoms with Crippen molar-refractivity contribution in [3.05, 3.63) is 58.2 Å². The number of hydrogen-bond donors (Lipinski definition) is 0. The third-order valence-corrected chi connectivity index (χ3v) is 11.2. The molecule has 0 spiro atoms. The minimum absolute atomic E-state index is 0.0167. The van der Waals surface area contributed by atoms with Gasteiger partial charge in [-0.1, -0.05) is 19.9 Å². The number of sulfone groups is 1. The molecule has 12 heteroatoms.